The van der Waals surface area contributed by atoms with Crippen LogP contribution < -0.4 is 4.90 Å². The first-order valence-corrected chi connectivity index (χ1v) is 8.76. The number of hydrogen-bond donors (Lipinski definition) is 1. The number of imide groups is 1. The maximum Gasteiger partial charge on any atom is 0.294 e. The SMILES string of the molecule is C[NH+]1CCN(C(=O)CN2C(=O)SC(=Cc3ccccc3)C2=O)CC1. The first kappa shape index (κ1) is 16.7. The van der Waals surface area contributed by atoms with Gasteiger partial charge >= 0.3 is 0 Å². The summed E-state index contributed by atoms with van der Waals surface area (Å²) < 4.78 is 0. The molecule has 3 rings (SSSR count). The van der Waals surface area contributed by atoms with Gasteiger partial charge in [0.1, 0.15) is 6.54 Å². The molecule has 0 spiro atoms. The van der Waals surface area contributed by atoms with E-state index in [-0.39, 0.29) is 23.6 Å². The van der Waals surface area contributed by atoms with E-state index >= 15 is 0 Å². The molecule has 2 aliphatic rings. The molecule has 6 nitrogen and oxygen atoms in total. The Morgan fingerprint density at radius 3 is 2.54 bits per heavy atom. The first-order chi connectivity index (χ1) is 11.5. The van der Waals surface area contributed by atoms with Crippen LogP contribution in [0.15, 0.2) is 35.2 Å². The molecule has 1 aromatic rings. The summed E-state index contributed by atoms with van der Waals surface area (Å²) in [6, 6.07) is 9.36. The summed E-state index contributed by atoms with van der Waals surface area (Å²) in [6.45, 7) is 2.94. The van der Waals surface area contributed by atoms with Gasteiger partial charge in [0.2, 0.25) is 5.91 Å². The molecule has 1 N–H and O–H groups in total. The lowest BCUT2D eigenvalue weighted by Gasteiger charge is -2.30. The quantitative estimate of drug-likeness (QED) is 0.788. The van der Waals surface area contributed by atoms with Crippen LogP contribution in [0.25, 0.3) is 6.08 Å². The van der Waals surface area contributed by atoms with Gasteiger partial charge in [0, 0.05) is 0 Å². The highest BCUT2D eigenvalue weighted by atomic mass is 32.2. The van der Waals surface area contributed by atoms with Gasteiger partial charge in [-0.3, -0.25) is 19.3 Å². The van der Waals surface area contributed by atoms with Crippen LogP contribution in [0.3, 0.4) is 0 Å². The number of quaternary nitrogens is 1. The van der Waals surface area contributed by atoms with Crippen LogP contribution in [0.4, 0.5) is 4.79 Å². The van der Waals surface area contributed by atoms with Gasteiger partial charge in [0.05, 0.1) is 38.1 Å². The van der Waals surface area contributed by atoms with Crippen molar-refractivity contribution in [2.24, 2.45) is 0 Å². The average Bonchev–Trinajstić information content (AvgIpc) is 2.84. The lowest BCUT2D eigenvalue weighted by Crippen LogP contribution is -3.12. The van der Waals surface area contributed by atoms with Gasteiger partial charge < -0.3 is 9.80 Å². The largest absolute Gasteiger partial charge is 0.334 e. The molecule has 3 amide bonds. The molecule has 2 fully saturated rings. The zero-order chi connectivity index (χ0) is 17.1. The first-order valence-electron chi connectivity index (χ1n) is 7.94. The van der Waals surface area contributed by atoms with E-state index in [0.29, 0.717) is 18.0 Å². The molecule has 0 bridgehead atoms. The molecule has 2 heterocycles. The fraction of sp³-hybridized carbons (Fsp3) is 0.353. The number of hydrogen-bond acceptors (Lipinski definition) is 4. The highest BCUT2D eigenvalue weighted by Gasteiger charge is 2.37. The third-order valence-corrected chi connectivity index (χ3v) is 5.14. The Labute approximate surface area is 145 Å². The molecule has 2 aliphatic heterocycles. The van der Waals surface area contributed by atoms with E-state index in [1.54, 1.807) is 11.0 Å². The predicted octanol–water partition coefficient (Wildman–Crippen LogP) is 0.0798. The maximum absolute atomic E-state index is 12.4. The second kappa shape index (κ2) is 7.19. The third kappa shape index (κ3) is 3.68. The van der Waals surface area contributed by atoms with E-state index in [2.05, 4.69) is 7.05 Å². The molecule has 1 aromatic carbocycles. The molecule has 0 aromatic heterocycles. The molecular formula is C17H20N3O3S+. The van der Waals surface area contributed by atoms with Gasteiger partial charge in [-0.05, 0) is 23.4 Å². The summed E-state index contributed by atoms with van der Waals surface area (Å²) in [5.41, 5.74) is 0.858. The predicted molar refractivity (Wildman–Crippen MR) is 92.3 cm³/mol. The summed E-state index contributed by atoms with van der Waals surface area (Å²) >= 11 is 0.889. The lowest BCUT2D eigenvalue weighted by molar-refractivity contribution is -0.883. The molecule has 0 unspecified atom stereocenters. The van der Waals surface area contributed by atoms with Crippen LogP contribution in [-0.2, 0) is 9.59 Å². The Kier molecular flexibility index (Phi) is 5.01. The summed E-state index contributed by atoms with van der Waals surface area (Å²) in [6.07, 6.45) is 1.69. The third-order valence-electron chi connectivity index (χ3n) is 4.23. The van der Waals surface area contributed by atoms with Crippen molar-refractivity contribution in [1.82, 2.24) is 9.80 Å². The molecule has 24 heavy (non-hydrogen) atoms. The van der Waals surface area contributed by atoms with Gasteiger partial charge in [-0.25, -0.2) is 0 Å². The average molecular weight is 346 g/mol. The van der Waals surface area contributed by atoms with Gasteiger partial charge in [0.15, 0.2) is 0 Å². The van der Waals surface area contributed by atoms with Crippen LogP contribution >= 0.6 is 11.8 Å². The molecule has 7 heteroatoms. The summed E-state index contributed by atoms with van der Waals surface area (Å²) in [5, 5.41) is -0.379. The number of thioether (sulfide) groups is 1. The van der Waals surface area contributed by atoms with Crippen LogP contribution in [0, 0.1) is 0 Å². The topological polar surface area (TPSA) is 62.1 Å². The minimum Gasteiger partial charge on any atom is -0.334 e. The number of rotatable bonds is 3. The Balaban J connectivity index is 1.66. The summed E-state index contributed by atoms with van der Waals surface area (Å²) in [4.78, 5) is 41.4. The molecule has 0 aliphatic carbocycles. The second-order valence-corrected chi connectivity index (χ2v) is 7.01. The van der Waals surface area contributed by atoms with Crippen molar-refractivity contribution in [3.05, 3.63) is 40.8 Å². The van der Waals surface area contributed by atoms with Crippen molar-refractivity contribution in [1.29, 1.82) is 0 Å². The maximum atomic E-state index is 12.4. The summed E-state index contributed by atoms with van der Waals surface area (Å²) in [7, 11) is 2.09. The molecule has 0 saturated carbocycles. The van der Waals surface area contributed by atoms with Crippen molar-refractivity contribution >= 4 is 34.9 Å². The number of piperazine rings is 1. The Morgan fingerprint density at radius 2 is 1.88 bits per heavy atom. The van der Waals surface area contributed by atoms with Gasteiger partial charge in [-0.15, -0.1) is 0 Å². The number of benzene rings is 1. The van der Waals surface area contributed by atoms with E-state index in [1.807, 2.05) is 30.3 Å². The van der Waals surface area contributed by atoms with Gasteiger partial charge in [-0.1, -0.05) is 30.3 Å². The lowest BCUT2D eigenvalue weighted by atomic mass is 10.2. The van der Waals surface area contributed by atoms with E-state index in [1.165, 1.54) is 4.90 Å². The van der Waals surface area contributed by atoms with Gasteiger partial charge in [-0.2, -0.15) is 0 Å². The number of nitrogens with zero attached hydrogens (tertiary/aromatic N) is 2. The highest BCUT2D eigenvalue weighted by molar-refractivity contribution is 8.18. The molecule has 0 atom stereocenters. The van der Waals surface area contributed by atoms with Crippen molar-refractivity contribution in [3.63, 3.8) is 0 Å². The van der Waals surface area contributed by atoms with Crippen LogP contribution in [0.2, 0.25) is 0 Å². The zero-order valence-electron chi connectivity index (χ0n) is 13.5. The van der Waals surface area contributed by atoms with Crippen molar-refractivity contribution in [2.45, 2.75) is 0 Å². The highest BCUT2D eigenvalue weighted by Crippen LogP contribution is 2.32. The van der Waals surface area contributed by atoms with Crippen molar-refractivity contribution < 1.29 is 19.3 Å². The van der Waals surface area contributed by atoms with E-state index in [0.717, 1.165) is 35.3 Å². The standard InChI is InChI=1S/C17H19N3O3S/c1-18-7-9-19(10-8-18)15(21)12-20-16(22)14(24-17(20)23)11-13-5-3-2-4-6-13/h2-6,11H,7-10,12H2,1H3/p+1. The number of carbonyl (C=O) groups is 3. The minimum absolute atomic E-state index is 0.161. The Bertz CT molecular complexity index is 682. The molecule has 2 saturated heterocycles. The number of amides is 3. The van der Waals surface area contributed by atoms with Crippen LogP contribution in [-0.4, -0.2) is 66.6 Å². The molecule has 0 radical (unpaired) electrons. The van der Waals surface area contributed by atoms with E-state index in [9.17, 15) is 14.4 Å². The fourth-order valence-corrected chi connectivity index (χ4v) is 3.55. The normalized spacial score (nSPS) is 21.0. The number of likely N-dealkylation sites (N-methyl/N-ethyl adjacent to an activating group) is 1. The zero-order valence-corrected chi connectivity index (χ0v) is 14.3. The smallest absolute Gasteiger partial charge is 0.294 e. The Hall–Kier alpha value is -2.12. The van der Waals surface area contributed by atoms with Crippen LogP contribution in [0.5, 0.6) is 0 Å². The molecule has 126 valence electrons. The van der Waals surface area contributed by atoms with Gasteiger partial charge in [0.25, 0.3) is 11.1 Å². The fourth-order valence-electron chi connectivity index (χ4n) is 2.71. The number of nitrogens with one attached hydrogen (secondary N) is 1. The number of carbonyl (C=O) groups excluding carboxylic acids is 3. The summed E-state index contributed by atoms with van der Waals surface area (Å²) in [5.74, 6) is -0.548. The monoisotopic (exact) mass is 346 g/mol. The molecular weight excluding hydrogens is 326 g/mol. The van der Waals surface area contributed by atoms with Crippen LogP contribution in [0.1, 0.15) is 5.56 Å². The second-order valence-electron chi connectivity index (χ2n) is 6.02. The minimum atomic E-state index is -0.387. The van der Waals surface area contributed by atoms with Crippen molar-refractivity contribution in [3.8, 4) is 0 Å². The van der Waals surface area contributed by atoms with E-state index in [4.69, 9.17) is 0 Å². The van der Waals surface area contributed by atoms with E-state index < -0.39 is 0 Å². The van der Waals surface area contributed by atoms with Crippen molar-refractivity contribution in [2.75, 3.05) is 39.8 Å². The Morgan fingerprint density at radius 1 is 1.21 bits per heavy atom.